The third-order valence-corrected chi connectivity index (χ3v) is 2.39. The zero-order valence-electron chi connectivity index (χ0n) is 6.40. The molecule has 0 fully saturated rings. The van der Waals surface area contributed by atoms with Crippen LogP contribution in [0.2, 0.25) is 10.0 Å². The number of primary amides is 1. The Morgan fingerprint density at radius 1 is 1.42 bits per heavy atom. The first-order valence-corrected chi connectivity index (χ1v) is 4.03. The molecule has 0 saturated carbocycles. The van der Waals surface area contributed by atoms with E-state index < -0.39 is 5.91 Å². The maximum absolute atomic E-state index is 10.7. The fourth-order valence-corrected chi connectivity index (χ4v) is 1.24. The highest BCUT2D eigenvalue weighted by atomic mass is 35.5. The van der Waals surface area contributed by atoms with Crippen molar-refractivity contribution in [2.45, 2.75) is 6.92 Å². The van der Waals surface area contributed by atoms with Gasteiger partial charge in [-0.2, -0.15) is 0 Å². The molecule has 0 aliphatic heterocycles. The monoisotopic (exact) mass is 203 g/mol. The molecule has 0 radical (unpaired) electrons. The van der Waals surface area contributed by atoms with Crippen molar-refractivity contribution in [2.24, 2.45) is 5.73 Å². The Kier molecular flexibility index (Phi) is 2.60. The molecule has 0 unspecified atom stereocenters. The molecule has 1 aromatic rings. The molecule has 0 bridgehead atoms. The Bertz CT molecular complexity index is 313. The summed E-state index contributed by atoms with van der Waals surface area (Å²) >= 11 is 11.5. The Hall–Kier alpha value is -0.730. The van der Waals surface area contributed by atoms with E-state index in [1.807, 2.05) is 0 Å². The predicted molar refractivity (Wildman–Crippen MR) is 49.7 cm³/mol. The third-order valence-electron chi connectivity index (χ3n) is 1.49. The van der Waals surface area contributed by atoms with Gasteiger partial charge in [0.2, 0.25) is 5.91 Å². The van der Waals surface area contributed by atoms with Crippen LogP contribution in [-0.4, -0.2) is 5.91 Å². The summed E-state index contributed by atoms with van der Waals surface area (Å²) < 4.78 is 0. The maximum atomic E-state index is 10.7. The van der Waals surface area contributed by atoms with Crippen LogP contribution in [-0.2, 0) is 0 Å². The average Bonchev–Trinajstić information content (AvgIpc) is 1.99. The number of hydrogen-bond acceptors (Lipinski definition) is 1. The minimum absolute atomic E-state index is 0.352. The highest BCUT2D eigenvalue weighted by molar-refractivity contribution is 6.42. The van der Waals surface area contributed by atoms with Crippen LogP contribution in [0.15, 0.2) is 12.1 Å². The van der Waals surface area contributed by atoms with Crippen molar-refractivity contribution in [2.75, 3.05) is 0 Å². The van der Waals surface area contributed by atoms with Gasteiger partial charge in [0.25, 0.3) is 0 Å². The summed E-state index contributed by atoms with van der Waals surface area (Å²) in [7, 11) is 0. The second kappa shape index (κ2) is 3.33. The van der Waals surface area contributed by atoms with Gasteiger partial charge in [-0.15, -0.1) is 0 Å². The molecule has 1 aromatic carbocycles. The van der Waals surface area contributed by atoms with E-state index >= 15 is 0 Å². The van der Waals surface area contributed by atoms with Crippen molar-refractivity contribution >= 4 is 29.1 Å². The first-order valence-electron chi connectivity index (χ1n) is 3.28. The summed E-state index contributed by atoms with van der Waals surface area (Å²) in [6, 6.07) is 3.07. The van der Waals surface area contributed by atoms with Gasteiger partial charge in [-0.3, -0.25) is 4.79 Å². The van der Waals surface area contributed by atoms with E-state index in [9.17, 15) is 4.79 Å². The molecule has 0 heterocycles. The SMILES string of the molecule is Cc1cc(C(N)=O)cc(Cl)c1Cl. The molecule has 0 aromatic heterocycles. The molecule has 0 spiro atoms. The van der Waals surface area contributed by atoms with Gasteiger partial charge >= 0.3 is 0 Å². The van der Waals surface area contributed by atoms with Gasteiger partial charge in [-0.05, 0) is 24.6 Å². The van der Waals surface area contributed by atoms with Gasteiger partial charge in [0, 0.05) is 5.56 Å². The standard InChI is InChI=1S/C8H7Cl2NO/c1-4-2-5(8(11)12)3-6(9)7(4)10/h2-3H,1H3,(H2,11,12). The lowest BCUT2D eigenvalue weighted by molar-refractivity contribution is 0.1000. The van der Waals surface area contributed by atoms with Crippen molar-refractivity contribution in [3.63, 3.8) is 0 Å². The summed E-state index contributed by atoms with van der Waals surface area (Å²) in [5.74, 6) is -0.503. The van der Waals surface area contributed by atoms with Gasteiger partial charge in [0.05, 0.1) is 10.0 Å². The highest BCUT2D eigenvalue weighted by Crippen LogP contribution is 2.26. The van der Waals surface area contributed by atoms with Crippen LogP contribution in [0.25, 0.3) is 0 Å². The van der Waals surface area contributed by atoms with Gasteiger partial charge in [0.15, 0.2) is 0 Å². The molecule has 0 atom stereocenters. The molecular formula is C8H7Cl2NO. The highest BCUT2D eigenvalue weighted by Gasteiger charge is 2.07. The summed E-state index contributed by atoms with van der Waals surface area (Å²) in [5.41, 5.74) is 6.19. The van der Waals surface area contributed by atoms with E-state index in [1.54, 1.807) is 13.0 Å². The molecule has 1 rings (SSSR count). The number of nitrogens with two attached hydrogens (primary N) is 1. The Balaban J connectivity index is 3.31. The topological polar surface area (TPSA) is 43.1 Å². The molecule has 1 amide bonds. The molecule has 2 nitrogen and oxygen atoms in total. The molecule has 64 valence electrons. The minimum Gasteiger partial charge on any atom is -0.366 e. The van der Waals surface area contributed by atoms with Gasteiger partial charge in [-0.25, -0.2) is 0 Å². The molecule has 2 N–H and O–H groups in total. The fraction of sp³-hybridized carbons (Fsp3) is 0.125. The second-order valence-electron chi connectivity index (χ2n) is 2.45. The van der Waals surface area contributed by atoms with Crippen molar-refractivity contribution in [3.8, 4) is 0 Å². The second-order valence-corrected chi connectivity index (χ2v) is 3.24. The number of carbonyl (C=O) groups excluding carboxylic acids is 1. The Labute approximate surface area is 80.3 Å². The number of amides is 1. The Morgan fingerprint density at radius 2 is 2.00 bits per heavy atom. The molecule has 0 saturated heterocycles. The number of halogens is 2. The molecule has 12 heavy (non-hydrogen) atoms. The van der Waals surface area contributed by atoms with Gasteiger partial charge in [0.1, 0.15) is 0 Å². The van der Waals surface area contributed by atoms with Crippen LogP contribution in [0.5, 0.6) is 0 Å². The number of aryl methyl sites for hydroxylation is 1. The van der Waals surface area contributed by atoms with Crippen LogP contribution in [0.3, 0.4) is 0 Å². The fourth-order valence-electron chi connectivity index (χ4n) is 0.869. The largest absolute Gasteiger partial charge is 0.366 e. The van der Waals surface area contributed by atoms with Crippen LogP contribution in [0.1, 0.15) is 15.9 Å². The minimum atomic E-state index is -0.503. The lowest BCUT2D eigenvalue weighted by atomic mass is 10.1. The van der Waals surface area contributed by atoms with E-state index in [-0.39, 0.29) is 0 Å². The van der Waals surface area contributed by atoms with E-state index in [1.165, 1.54) is 6.07 Å². The Morgan fingerprint density at radius 3 is 2.42 bits per heavy atom. The smallest absolute Gasteiger partial charge is 0.248 e. The average molecular weight is 204 g/mol. The maximum Gasteiger partial charge on any atom is 0.248 e. The summed E-state index contributed by atoms with van der Waals surface area (Å²) in [5, 5.41) is 0.812. The predicted octanol–water partition coefficient (Wildman–Crippen LogP) is 2.40. The summed E-state index contributed by atoms with van der Waals surface area (Å²) in [6.07, 6.45) is 0. The van der Waals surface area contributed by atoms with Crippen molar-refractivity contribution in [1.82, 2.24) is 0 Å². The third kappa shape index (κ3) is 1.71. The normalized spacial score (nSPS) is 9.92. The van der Waals surface area contributed by atoms with E-state index in [0.29, 0.717) is 15.6 Å². The first-order chi connectivity index (χ1) is 5.52. The van der Waals surface area contributed by atoms with E-state index in [0.717, 1.165) is 5.56 Å². The quantitative estimate of drug-likeness (QED) is 0.749. The zero-order valence-corrected chi connectivity index (χ0v) is 7.91. The van der Waals surface area contributed by atoms with Crippen LogP contribution in [0, 0.1) is 6.92 Å². The number of carbonyl (C=O) groups is 1. The van der Waals surface area contributed by atoms with Crippen LogP contribution >= 0.6 is 23.2 Å². The molecule has 0 aliphatic carbocycles. The van der Waals surface area contributed by atoms with Crippen molar-refractivity contribution in [1.29, 1.82) is 0 Å². The molecule has 0 aliphatic rings. The lowest BCUT2D eigenvalue weighted by Gasteiger charge is -2.02. The van der Waals surface area contributed by atoms with Crippen LogP contribution in [0.4, 0.5) is 0 Å². The summed E-state index contributed by atoms with van der Waals surface area (Å²) in [4.78, 5) is 10.7. The zero-order chi connectivity index (χ0) is 9.30. The van der Waals surface area contributed by atoms with Crippen molar-refractivity contribution in [3.05, 3.63) is 33.3 Å². The number of rotatable bonds is 1. The van der Waals surface area contributed by atoms with Crippen molar-refractivity contribution < 1.29 is 4.79 Å². The molecular weight excluding hydrogens is 197 g/mol. The van der Waals surface area contributed by atoms with E-state index in [4.69, 9.17) is 28.9 Å². The first kappa shape index (κ1) is 9.36. The number of hydrogen-bond donors (Lipinski definition) is 1. The molecule has 4 heteroatoms. The van der Waals surface area contributed by atoms with E-state index in [2.05, 4.69) is 0 Å². The summed E-state index contributed by atoms with van der Waals surface area (Å²) in [6.45, 7) is 1.76. The van der Waals surface area contributed by atoms with Gasteiger partial charge < -0.3 is 5.73 Å². The lowest BCUT2D eigenvalue weighted by Crippen LogP contribution is -2.11. The van der Waals surface area contributed by atoms with Gasteiger partial charge in [-0.1, -0.05) is 23.2 Å². The number of benzene rings is 1. The van der Waals surface area contributed by atoms with Crippen LogP contribution < -0.4 is 5.73 Å².